The lowest BCUT2D eigenvalue weighted by Gasteiger charge is -1.81. The van der Waals surface area contributed by atoms with E-state index in [0.29, 0.717) is 5.76 Å². The normalized spacial score (nSPS) is 10.3. The topological polar surface area (TPSA) is 34.7 Å². The zero-order chi connectivity index (χ0) is 6.53. The molecule has 0 bridgehead atoms. The summed E-state index contributed by atoms with van der Waals surface area (Å²) in [6.07, 6.45) is 3.08. The molecule has 0 saturated heterocycles. The van der Waals surface area contributed by atoms with E-state index < -0.39 is 0 Å². The average molecular weight is 125 g/mol. The molecule has 3 nitrogen and oxygen atoms in total. The summed E-state index contributed by atoms with van der Waals surface area (Å²) in [6, 6.07) is 3.58. The summed E-state index contributed by atoms with van der Waals surface area (Å²) in [5.74, 6) is 0.692. The van der Waals surface area contributed by atoms with Crippen molar-refractivity contribution >= 4 is 6.21 Å². The third kappa shape index (κ3) is 1.60. The maximum Gasteiger partial charge on any atom is 0.148 e. The molecule has 0 N–H and O–H groups in total. The molecule has 0 aliphatic heterocycles. The van der Waals surface area contributed by atoms with Gasteiger partial charge in [-0.1, -0.05) is 5.16 Å². The predicted molar refractivity (Wildman–Crippen MR) is 33.3 cm³/mol. The van der Waals surface area contributed by atoms with Crippen LogP contribution in [-0.2, 0) is 4.84 Å². The molecule has 0 aliphatic rings. The second kappa shape index (κ2) is 2.91. The second-order valence-corrected chi connectivity index (χ2v) is 1.43. The molecule has 1 rings (SSSR count). The van der Waals surface area contributed by atoms with Crippen LogP contribution in [0.2, 0.25) is 0 Å². The number of oxime groups is 1. The highest BCUT2D eigenvalue weighted by atomic mass is 16.6. The Labute approximate surface area is 52.9 Å². The maximum absolute atomic E-state index is 4.91. The van der Waals surface area contributed by atoms with Gasteiger partial charge in [-0.3, -0.25) is 0 Å². The largest absolute Gasteiger partial charge is 0.463 e. The van der Waals surface area contributed by atoms with Crippen LogP contribution in [0.15, 0.2) is 28.0 Å². The molecule has 0 radical (unpaired) electrons. The zero-order valence-corrected chi connectivity index (χ0v) is 5.07. The zero-order valence-electron chi connectivity index (χ0n) is 5.07. The van der Waals surface area contributed by atoms with Gasteiger partial charge in [0.25, 0.3) is 0 Å². The summed E-state index contributed by atoms with van der Waals surface area (Å²) in [6.45, 7) is 0. The Hall–Kier alpha value is -1.25. The Bertz CT molecular complexity index is 179. The van der Waals surface area contributed by atoms with Crippen LogP contribution in [-0.4, -0.2) is 13.3 Å². The Morgan fingerprint density at radius 3 is 3.22 bits per heavy atom. The van der Waals surface area contributed by atoms with E-state index in [9.17, 15) is 0 Å². The molecular formula is C6H7NO2. The van der Waals surface area contributed by atoms with Crippen molar-refractivity contribution in [2.45, 2.75) is 0 Å². The highest BCUT2D eigenvalue weighted by Gasteiger charge is 1.85. The minimum absolute atomic E-state index is 0.692. The summed E-state index contributed by atoms with van der Waals surface area (Å²) < 4.78 is 4.91. The fraction of sp³-hybridized carbons (Fsp3) is 0.167. The minimum atomic E-state index is 0.692. The molecule has 1 aromatic rings. The van der Waals surface area contributed by atoms with Crippen molar-refractivity contribution in [2.75, 3.05) is 7.11 Å². The summed E-state index contributed by atoms with van der Waals surface area (Å²) in [5, 5.41) is 3.50. The second-order valence-electron chi connectivity index (χ2n) is 1.43. The van der Waals surface area contributed by atoms with Gasteiger partial charge in [-0.15, -0.1) is 0 Å². The van der Waals surface area contributed by atoms with E-state index in [-0.39, 0.29) is 0 Å². The van der Waals surface area contributed by atoms with E-state index in [1.54, 1.807) is 18.4 Å². The van der Waals surface area contributed by atoms with E-state index in [1.807, 2.05) is 0 Å². The van der Waals surface area contributed by atoms with E-state index in [0.717, 1.165) is 0 Å². The Morgan fingerprint density at radius 1 is 1.78 bits per heavy atom. The molecule has 0 saturated carbocycles. The van der Waals surface area contributed by atoms with Gasteiger partial charge in [0.2, 0.25) is 0 Å². The lowest BCUT2D eigenvalue weighted by atomic mass is 10.5. The van der Waals surface area contributed by atoms with E-state index in [1.165, 1.54) is 13.3 Å². The maximum atomic E-state index is 4.91. The molecular weight excluding hydrogens is 118 g/mol. The molecule has 3 heteroatoms. The fourth-order valence-electron chi connectivity index (χ4n) is 0.469. The summed E-state index contributed by atoms with van der Waals surface area (Å²) in [7, 11) is 1.49. The predicted octanol–water partition coefficient (Wildman–Crippen LogP) is 1.26. The third-order valence-corrected chi connectivity index (χ3v) is 0.829. The third-order valence-electron chi connectivity index (χ3n) is 0.829. The van der Waals surface area contributed by atoms with Gasteiger partial charge >= 0.3 is 0 Å². The van der Waals surface area contributed by atoms with Crippen LogP contribution in [0.1, 0.15) is 5.76 Å². The van der Waals surface area contributed by atoms with Crippen LogP contribution < -0.4 is 0 Å². The van der Waals surface area contributed by atoms with Gasteiger partial charge in [0.05, 0.1) is 6.26 Å². The Balaban J connectivity index is 2.57. The highest BCUT2D eigenvalue weighted by Crippen LogP contribution is 1.94. The fourth-order valence-corrected chi connectivity index (χ4v) is 0.469. The molecule has 0 amide bonds. The molecule has 0 fully saturated rings. The van der Waals surface area contributed by atoms with Crippen molar-refractivity contribution in [2.24, 2.45) is 5.16 Å². The van der Waals surface area contributed by atoms with Crippen LogP contribution in [0.5, 0.6) is 0 Å². The van der Waals surface area contributed by atoms with Gasteiger partial charge in [-0.05, 0) is 12.1 Å². The van der Waals surface area contributed by atoms with E-state index in [4.69, 9.17) is 4.42 Å². The summed E-state index contributed by atoms with van der Waals surface area (Å²) in [5.41, 5.74) is 0. The van der Waals surface area contributed by atoms with E-state index in [2.05, 4.69) is 9.99 Å². The number of nitrogens with zero attached hydrogens (tertiary/aromatic N) is 1. The van der Waals surface area contributed by atoms with Crippen LogP contribution in [0.4, 0.5) is 0 Å². The molecule has 9 heavy (non-hydrogen) atoms. The molecule has 0 spiro atoms. The van der Waals surface area contributed by atoms with Gasteiger partial charge in [0.15, 0.2) is 0 Å². The van der Waals surface area contributed by atoms with Crippen LogP contribution in [0, 0.1) is 0 Å². The number of furan rings is 1. The minimum Gasteiger partial charge on any atom is -0.463 e. The lowest BCUT2D eigenvalue weighted by Crippen LogP contribution is -1.74. The van der Waals surface area contributed by atoms with Crippen molar-refractivity contribution in [1.29, 1.82) is 0 Å². The van der Waals surface area contributed by atoms with Crippen molar-refractivity contribution < 1.29 is 9.25 Å². The average Bonchev–Trinajstić information content (AvgIpc) is 2.34. The first-order chi connectivity index (χ1) is 4.43. The Morgan fingerprint density at radius 2 is 2.67 bits per heavy atom. The number of hydrogen-bond donors (Lipinski definition) is 0. The lowest BCUT2D eigenvalue weighted by molar-refractivity contribution is 0.215. The van der Waals surface area contributed by atoms with Gasteiger partial charge < -0.3 is 9.25 Å². The number of hydrogen-bond acceptors (Lipinski definition) is 3. The SMILES string of the molecule is CON=Cc1ccco1. The van der Waals surface area contributed by atoms with Gasteiger partial charge in [0, 0.05) is 0 Å². The van der Waals surface area contributed by atoms with Gasteiger partial charge in [0.1, 0.15) is 19.1 Å². The van der Waals surface area contributed by atoms with Gasteiger partial charge in [-0.2, -0.15) is 0 Å². The van der Waals surface area contributed by atoms with Crippen LogP contribution in [0.3, 0.4) is 0 Å². The summed E-state index contributed by atoms with van der Waals surface area (Å²) in [4.78, 5) is 4.42. The van der Waals surface area contributed by atoms with Crippen molar-refractivity contribution in [3.05, 3.63) is 24.2 Å². The number of rotatable bonds is 2. The summed E-state index contributed by atoms with van der Waals surface area (Å²) >= 11 is 0. The first kappa shape index (κ1) is 5.88. The molecule has 0 aliphatic carbocycles. The molecule has 0 unspecified atom stereocenters. The molecule has 1 heterocycles. The quantitative estimate of drug-likeness (QED) is 0.440. The molecule has 0 aromatic carbocycles. The van der Waals surface area contributed by atoms with Crippen molar-refractivity contribution in [3.8, 4) is 0 Å². The van der Waals surface area contributed by atoms with Crippen molar-refractivity contribution in [1.82, 2.24) is 0 Å². The van der Waals surface area contributed by atoms with E-state index >= 15 is 0 Å². The standard InChI is InChI=1S/C6H7NO2/c1-8-7-5-6-3-2-4-9-6/h2-5H,1H3. The van der Waals surface area contributed by atoms with Crippen LogP contribution >= 0.6 is 0 Å². The molecule has 48 valence electrons. The van der Waals surface area contributed by atoms with Crippen molar-refractivity contribution in [3.63, 3.8) is 0 Å². The smallest absolute Gasteiger partial charge is 0.148 e. The molecule has 0 atom stereocenters. The molecule has 1 aromatic heterocycles. The Kier molecular flexibility index (Phi) is 1.90. The monoisotopic (exact) mass is 125 g/mol. The highest BCUT2D eigenvalue weighted by molar-refractivity contribution is 5.74. The first-order valence-corrected chi connectivity index (χ1v) is 2.53. The first-order valence-electron chi connectivity index (χ1n) is 2.53. The van der Waals surface area contributed by atoms with Gasteiger partial charge in [-0.25, -0.2) is 0 Å². The van der Waals surface area contributed by atoms with Crippen LogP contribution in [0.25, 0.3) is 0 Å².